The fourth-order valence-corrected chi connectivity index (χ4v) is 4.09. The van der Waals surface area contributed by atoms with Crippen molar-refractivity contribution in [1.82, 2.24) is 20.1 Å². The topological polar surface area (TPSA) is 61.9 Å². The number of H-pyrrole nitrogens is 1. The molecule has 0 saturated carbocycles. The molecule has 0 spiro atoms. The van der Waals surface area contributed by atoms with E-state index in [4.69, 9.17) is 0 Å². The number of aromatic nitrogens is 3. The summed E-state index contributed by atoms with van der Waals surface area (Å²) < 4.78 is 0. The van der Waals surface area contributed by atoms with Crippen molar-refractivity contribution in [2.75, 3.05) is 13.1 Å². The summed E-state index contributed by atoms with van der Waals surface area (Å²) in [6, 6.07) is 10.6. The van der Waals surface area contributed by atoms with Crippen LogP contribution >= 0.6 is 11.8 Å². The van der Waals surface area contributed by atoms with Gasteiger partial charge in [-0.05, 0) is 37.7 Å². The van der Waals surface area contributed by atoms with Gasteiger partial charge >= 0.3 is 0 Å². The Labute approximate surface area is 153 Å². The lowest BCUT2D eigenvalue weighted by Crippen LogP contribution is -2.42. The van der Waals surface area contributed by atoms with Gasteiger partial charge in [-0.3, -0.25) is 9.89 Å². The third kappa shape index (κ3) is 4.84. The van der Waals surface area contributed by atoms with Crippen LogP contribution in [0.5, 0.6) is 0 Å². The number of carbonyl (C=O) groups is 1. The number of amides is 1. The average molecular weight is 359 g/mol. The maximum atomic E-state index is 12.7. The number of nitrogens with zero attached hydrogens (tertiary/aromatic N) is 3. The molecule has 1 aromatic heterocycles. The van der Waals surface area contributed by atoms with Crippen molar-refractivity contribution in [2.24, 2.45) is 5.92 Å². The van der Waals surface area contributed by atoms with Gasteiger partial charge in [0.1, 0.15) is 5.82 Å². The molecule has 1 saturated heterocycles. The van der Waals surface area contributed by atoms with Gasteiger partial charge in [-0.2, -0.15) is 0 Å². The number of hydrogen-bond acceptors (Lipinski definition) is 4. The highest BCUT2D eigenvalue weighted by atomic mass is 32.2. The number of nitrogens with one attached hydrogen (secondary N) is 1. The molecule has 134 valence electrons. The summed E-state index contributed by atoms with van der Waals surface area (Å²) in [6.45, 7) is 5.69. The normalized spacial score (nSPS) is 16.8. The van der Waals surface area contributed by atoms with Gasteiger partial charge in [0, 0.05) is 19.5 Å². The van der Waals surface area contributed by atoms with Crippen LogP contribution in [0.4, 0.5) is 0 Å². The first-order valence-corrected chi connectivity index (χ1v) is 9.94. The number of carbonyl (C=O) groups excluding carboxylic acids is 1. The molecule has 1 N–H and O–H groups in total. The maximum Gasteiger partial charge on any atom is 0.235 e. The number of likely N-dealkylation sites (tertiary alicyclic amines) is 1. The van der Waals surface area contributed by atoms with E-state index < -0.39 is 0 Å². The predicted octanol–water partition coefficient (Wildman–Crippen LogP) is 3.33. The lowest BCUT2D eigenvalue weighted by Gasteiger charge is -2.33. The number of aryl methyl sites for hydroxylation is 1. The quantitative estimate of drug-likeness (QED) is 0.805. The lowest BCUT2D eigenvalue weighted by atomic mass is 9.90. The summed E-state index contributed by atoms with van der Waals surface area (Å²) in [5.41, 5.74) is 1.40. The Morgan fingerprint density at radius 2 is 2.04 bits per heavy atom. The van der Waals surface area contributed by atoms with Crippen molar-refractivity contribution in [1.29, 1.82) is 0 Å². The minimum Gasteiger partial charge on any atom is -0.342 e. The fourth-order valence-electron chi connectivity index (χ4n) is 3.26. The molecule has 2 heterocycles. The maximum absolute atomic E-state index is 12.7. The Hall–Kier alpha value is -1.82. The van der Waals surface area contributed by atoms with Gasteiger partial charge in [-0.1, -0.05) is 49.0 Å². The van der Waals surface area contributed by atoms with E-state index in [0.29, 0.717) is 11.1 Å². The minimum absolute atomic E-state index is 0.147. The number of piperidine rings is 1. The number of rotatable bonds is 6. The monoisotopic (exact) mass is 358 g/mol. The van der Waals surface area contributed by atoms with Crippen molar-refractivity contribution in [3.8, 4) is 0 Å². The Morgan fingerprint density at radius 1 is 1.32 bits per heavy atom. The van der Waals surface area contributed by atoms with Crippen LogP contribution < -0.4 is 0 Å². The van der Waals surface area contributed by atoms with E-state index in [2.05, 4.69) is 45.5 Å². The molecule has 6 heteroatoms. The Kier molecular flexibility index (Phi) is 6.13. The largest absolute Gasteiger partial charge is 0.342 e. The van der Waals surface area contributed by atoms with Gasteiger partial charge in [0.05, 0.1) is 5.25 Å². The highest BCUT2D eigenvalue weighted by Gasteiger charge is 2.27. The van der Waals surface area contributed by atoms with Crippen molar-refractivity contribution in [2.45, 2.75) is 49.9 Å². The molecule has 1 unspecified atom stereocenters. The summed E-state index contributed by atoms with van der Waals surface area (Å²) in [5, 5.41) is 7.59. The Morgan fingerprint density at radius 3 is 2.68 bits per heavy atom. The summed E-state index contributed by atoms with van der Waals surface area (Å²) >= 11 is 1.44. The van der Waals surface area contributed by atoms with Gasteiger partial charge in [0.2, 0.25) is 11.1 Å². The first kappa shape index (κ1) is 18.0. The van der Waals surface area contributed by atoms with E-state index in [1.54, 1.807) is 0 Å². The van der Waals surface area contributed by atoms with Crippen LogP contribution in [0.3, 0.4) is 0 Å². The third-order valence-corrected chi connectivity index (χ3v) is 5.72. The molecular weight excluding hydrogens is 332 g/mol. The predicted molar refractivity (Wildman–Crippen MR) is 101 cm³/mol. The minimum atomic E-state index is -0.147. The van der Waals surface area contributed by atoms with Gasteiger partial charge < -0.3 is 4.90 Å². The third-order valence-electron chi connectivity index (χ3n) is 4.77. The number of aromatic amines is 1. The summed E-state index contributed by atoms with van der Waals surface area (Å²) in [6.07, 6.45) is 4.10. The Balaban J connectivity index is 1.47. The van der Waals surface area contributed by atoms with Crippen LogP contribution in [0, 0.1) is 5.92 Å². The molecule has 25 heavy (non-hydrogen) atoms. The van der Waals surface area contributed by atoms with E-state index in [1.165, 1.54) is 17.3 Å². The zero-order chi connectivity index (χ0) is 17.6. The van der Waals surface area contributed by atoms with Crippen molar-refractivity contribution in [3.63, 3.8) is 0 Å². The number of thioether (sulfide) groups is 1. The molecule has 5 nitrogen and oxygen atoms in total. The standard InChI is InChI=1S/C19H26N4OS/c1-3-17-20-19(22-21-17)25-14(2)18(24)23-11-9-16(10-12-23)13-15-7-5-4-6-8-15/h4-8,14,16H,3,9-13H2,1-2H3,(H,20,21,22). The molecule has 0 aliphatic carbocycles. The molecule has 0 bridgehead atoms. The first-order valence-electron chi connectivity index (χ1n) is 9.06. The highest BCUT2D eigenvalue weighted by molar-refractivity contribution is 8.00. The molecule has 1 fully saturated rings. The van der Waals surface area contributed by atoms with Crippen LogP contribution in [0.1, 0.15) is 38.1 Å². The summed E-state index contributed by atoms with van der Waals surface area (Å²) in [5.74, 6) is 1.74. The molecule has 2 aromatic rings. The Bertz CT molecular complexity index is 680. The molecule has 1 amide bonds. The summed E-state index contributed by atoms with van der Waals surface area (Å²) in [4.78, 5) is 19.1. The molecular formula is C19H26N4OS. The molecule has 1 atom stereocenters. The van der Waals surface area contributed by atoms with Crippen molar-refractivity contribution >= 4 is 17.7 Å². The van der Waals surface area contributed by atoms with Crippen LogP contribution in [0.2, 0.25) is 0 Å². The smallest absolute Gasteiger partial charge is 0.235 e. The SMILES string of the molecule is CCc1nc(SC(C)C(=O)N2CCC(Cc3ccccc3)CC2)n[nH]1. The molecule has 1 aliphatic heterocycles. The van der Waals surface area contributed by atoms with Gasteiger partial charge in [-0.25, -0.2) is 4.98 Å². The molecule has 0 radical (unpaired) electrons. The van der Waals surface area contributed by atoms with Crippen LogP contribution in [0.15, 0.2) is 35.5 Å². The second kappa shape index (κ2) is 8.52. The van der Waals surface area contributed by atoms with Gasteiger partial charge in [-0.15, -0.1) is 5.10 Å². The number of benzene rings is 1. The van der Waals surface area contributed by atoms with Gasteiger partial charge in [0.15, 0.2) is 0 Å². The zero-order valence-electron chi connectivity index (χ0n) is 14.9. The van der Waals surface area contributed by atoms with Crippen LogP contribution in [-0.4, -0.2) is 44.3 Å². The van der Waals surface area contributed by atoms with E-state index in [9.17, 15) is 4.79 Å². The van der Waals surface area contributed by atoms with E-state index >= 15 is 0 Å². The second-order valence-electron chi connectivity index (χ2n) is 6.64. The summed E-state index contributed by atoms with van der Waals surface area (Å²) in [7, 11) is 0. The fraction of sp³-hybridized carbons (Fsp3) is 0.526. The van der Waals surface area contributed by atoms with Gasteiger partial charge in [0.25, 0.3) is 0 Å². The van der Waals surface area contributed by atoms with Crippen LogP contribution in [0.25, 0.3) is 0 Å². The average Bonchev–Trinajstić information content (AvgIpc) is 3.10. The van der Waals surface area contributed by atoms with E-state index in [-0.39, 0.29) is 11.2 Å². The zero-order valence-corrected chi connectivity index (χ0v) is 15.8. The molecule has 3 rings (SSSR count). The highest BCUT2D eigenvalue weighted by Crippen LogP contribution is 2.25. The van der Waals surface area contributed by atoms with Crippen LogP contribution in [-0.2, 0) is 17.6 Å². The van der Waals surface area contributed by atoms with Crippen molar-refractivity contribution in [3.05, 3.63) is 41.7 Å². The molecule has 1 aliphatic rings. The van der Waals surface area contributed by atoms with Crippen molar-refractivity contribution < 1.29 is 4.79 Å². The van der Waals surface area contributed by atoms with E-state index in [1.807, 2.05) is 18.7 Å². The first-order chi connectivity index (χ1) is 12.2. The van der Waals surface area contributed by atoms with E-state index in [0.717, 1.165) is 44.6 Å². The second-order valence-corrected chi connectivity index (χ2v) is 7.94. The molecule has 1 aromatic carbocycles. The number of hydrogen-bond donors (Lipinski definition) is 1. The lowest BCUT2D eigenvalue weighted by molar-refractivity contribution is -0.131.